The van der Waals surface area contributed by atoms with Crippen LogP contribution in [0.25, 0.3) is 5.82 Å². The highest BCUT2D eigenvalue weighted by molar-refractivity contribution is 7.12. The molecule has 0 unspecified atom stereocenters. The van der Waals surface area contributed by atoms with Crippen LogP contribution in [0.2, 0.25) is 0 Å². The predicted molar refractivity (Wildman–Crippen MR) is 46.8 cm³/mol. The summed E-state index contributed by atoms with van der Waals surface area (Å²) in [5.41, 5.74) is 0. The maximum atomic E-state index is 4.45. The number of imidazole rings is 1. The average Bonchev–Trinajstić information content (AvgIpc) is 2.59. The van der Waals surface area contributed by atoms with E-state index in [-0.39, 0.29) is 0 Å². The summed E-state index contributed by atoms with van der Waals surface area (Å²) in [6, 6.07) is 0. The number of aryl methyl sites for hydroxylation is 1. The fourth-order valence-electron chi connectivity index (χ4n) is 1.56. The number of hydrogen-bond acceptors (Lipinski definition) is 3. The van der Waals surface area contributed by atoms with Crippen molar-refractivity contribution >= 4 is 11.3 Å². The maximum Gasteiger partial charge on any atom is 0.153 e. The molecular formula is C8H7N3S. The van der Waals surface area contributed by atoms with E-state index in [2.05, 4.69) is 14.5 Å². The molecule has 2 aromatic rings. The van der Waals surface area contributed by atoms with Gasteiger partial charge in [0.15, 0.2) is 5.82 Å². The van der Waals surface area contributed by atoms with Crippen molar-refractivity contribution in [1.29, 1.82) is 0 Å². The van der Waals surface area contributed by atoms with E-state index in [4.69, 9.17) is 0 Å². The molecule has 0 saturated heterocycles. The fourth-order valence-corrected chi connectivity index (χ4v) is 2.49. The molecule has 3 heterocycles. The molecular weight excluding hydrogens is 170 g/mol. The summed E-state index contributed by atoms with van der Waals surface area (Å²) in [5.74, 6) is 2.20. The molecule has 12 heavy (non-hydrogen) atoms. The Bertz CT molecular complexity index is 441. The van der Waals surface area contributed by atoms with E-state index in [9.17, 15) is 0 Å². The van der Waals surface area contributed by atoms with Crippen LogP contribution in [0.3, 0.4) is 0 Å². The Hall–Kier alpha value is -1.16. The largest absolute Gasteiger partial charge is 0.287 e. The van der Waals surface area contributed by atoms with E-state index in [1.165, 1.54) is 4.88 Å². The fraction of sp³-hybridized carbons (Fsp3) is 0.250. The van der Waals surface area contributed by atoms with Crippen molar-refractivity contribution in [3.05, 3.63) is 28.1 Å². The van der Waals surface area contributed by atoms with Crippen LogP contribution in [-0.4, -0.2) is 14.5 Å². The zero-order valence-corrected chi connectivity index (χ0v) is 7.43. The monoisotopic (exact) mass is 177 g/mol. The highest BCUT2D eigenvalue weighted by Gasteiger charge is 2.21. The lowest BCUT2D eigenvalue weighted by Crippen LogP contribution is -1.91. The molecule has 60 valence electrons. The lowest BCUT2D eigenvalue weighted by Gasteiger charge is -1.92. The lowest BCUT2D eigenvalue weighted by atomic mass is 10.4. The van der Waals surface area contributed by atoms with Crippen molar-refractivity contribution in [2.75, 3.05) is 0 Å². The first kappa shape index (κ1) is 6.37. The van der Waals surface area contributed by atoms with Crippen molar-refractivity contribution in [3.8, 4) is 5.82 Å². The number of thiazole rings is 1. The minimum Gasteiger partial charge on any atom is -0.287 e. The molecule has 0 spiro atoms. The number of rotatable bonds is 0. The van der Waals surface area contributed by atoms with Gasteiger partial charge in [0.25, 0.3) is 0 Å². The second-order valence-corrected chi connectivity index (χ2v) is 4.16. The van der Waals surface area contributed by atoms with E-state index >= 15 is 0 Å². The molecule has 0 bridgehead atoms. The van der Waals surface area contributed by atoms with Gasteiger partial charge in [0, 0.05) is 18.8 Å². The van der Waals surface area contributed by atoms with Gasteiger partial charge in [-0.2, -0.15) is 0 Å². The van der Waals surface area contributed by atoms with E-state index < -0.39 is 0 Å². The van der Waals surface area contributed by atoms with Crippen LogP contribution in [0, 0.1) is 6.92 Å². The molecule has 0 saturated carbocycles. The van der Waals surface area contributed by atoms with Crippen molar-refractivity contribution < 1.29 is 0 Å². The zero-order valence-electron chi connectivity index (χ0n) is 6.61. The SMILES string of the molecule is Cc1nc2c(s1)Cc1nccn1-2. The summed E-state index contributed by atoms with van der Waals surface area (Å²) in [4.78, 5) is 10.0. The Balaban J connectivity index is 2.32. The van der Waals surface area contributed by atoms with Gasteiger partial charge in [-0.1, -0.05) is 0 Å². The van der Waals surface area contributed by atoms with E-state index in [0.29, 0.717) is 0 Å². The van der Waals surface area contributed by atoms with Gasteiger partial charge in [0.05, 0.1) is 9.88 Å². The van der Waals surface area contributed by atoms with E-state index in [0.717, 1.165) is 23.1 Å². The smallest absolute Gasteiger partial charge is 0.153 e. The summed E-state index contributed by atoms with van der Waals surface area (Å²) < 4.78 is 2.07. The standard InChI is InChI=1S/C8H7N3S/c1-5-10-8-6(12-5)4-7-9-2-3-11(7)8/h2-3H,4H2,1H3. The average molecular weight is 177 g/mol. The quantitative estimate of drug-likeness (QED) is 0.521. The predicted octanol–water partition coefficient (Wildman–Crippen LogP) is 1.54. The Morgan fingerprint density at radius 3 is 3.42 bits per heavy atom. The summed E-state index contributed by atoms with van der Waals surface area (Å²) in [7, 11) is 0. The van der Waals surface area contributed by atoms with Gasteiger partial charge in [-0.3, -0.25) is 4.57 Å². The van der Waals surface area contributed by atoms with E-state index in [1.54, 1.807) is 11.3 Å². The van der Waals surface area contributed by atoms with Crippen LogP contribution in [0.5, 0.6) is 0 Å². The third-order valence-electron chi connectivity index (χ3n) is 2.05. The lowest BCUT2D eigenvalue weighted by molar-refractivity contribution is 0.965. The number of nitrogens with zero attached hydrogens (tertiary/aromatic N) is 3. The Morgan fingerprint density at radius 2 is 2.50 bits per heavy atom. The molecule has 0 N–H and O–H groups in total. The molecule has 0 aromatic carbocycles. The second kappa shape index (κ2) is 1.95. The molecule has 0 amide bonds. The van der Waals surface area contributed by atoms with Gasteiger partial charge in [-0.15, -0.1) is 11.3 Å². The van der Waals surface area contributed by atoms with E-state index in [1.807, 2.05) is 19.3 Å². The third-order valence-corrected chi connectivity index (χ3v) is 3.01. The summed E-state index contributed by atoms with van der Waals surface area (Å²) >= 11 is 1.77. The van der Waals surface area contributed by atoms with Crippen LogP contribution in [0.4, 0.5) is 0 Å². The minimum atomic E-state index is 0.952. The van der Waals surface area contributed by atoms with Gasteiger partial charge in [-0.05, 0) is 6.92 Å². The molecule has 2 aromatic heterocycles. The first-order chi connectivity index (χ1) is 5.84. The number of fused-ring (bicyclic) bond motifs is 3. The van der Waals surface area contributed by atoms with Gasteiger partial charge in [0.1, 0.15) is 5.82 Å². The second-order valence-electron chi connectivity index (χ2n) is 2.87. The van der Waals surface area contributed by atoms with Crippen LogP contribution in [-0.2, 0) is 6.42 Å². The van der Waals surface area contributed by atoms with Crippen molar-refractivity contribution in [1.82, 2.24) is 14.5 Å². The Morgan fingerprint density at radius 1 is 1.58 bits per heavy atom. The normalized spacial score (nSPS) is 13.1. The molecule has 1 aliphatic heterocycles. The zero-order chi connectivity index (χ0) is 8.13. The van der Waals surface area contributed by atoms with Crippen molar-refractivity contribution in [2.45, 2.75) is 13.3 Å². The van der Waals surface area contributed by atoms with Crippen molar-refractivity contribution in [2.24, 2.45) is 0 Å². The molecule has 0 radical (unpaired) electrons. The van der Waals surface area contributed by atoms with Crippen LogP contribution >= 0.6 is 11.3 Å². The first-order valence-electron chi connectivity index (χ1n) is 3.83. The molecule has 0 atom stereocenters. The van der Waals surface area contributed by atoms with Gasteiger partial charge >= 0.3 is 0 Å². The van der Waals surface area contributed by atoms with Crippen molar-refractivity contribution in [3.63, 3.8) is 0 Å². The number of hydrogen-bond donors (Lipinski definition) is 0. The van der Waals surface area contributed by atoms with Crippen LogP contribution in [0.15, 0.2) is 12.4 Å². The highest BCUT2D eigenvalue weighted by Crippen LogP contribution is 2.30. The summed E-state index contributed by atoms with van der Waals surface area (Å²) in [5, 5.41) is 1.14. The maximum absolute atomic E-state index is 4.45. The molecule has 0 fully saturated rings. The Kier molecular flexibility index (Phi) is 1.04. The molecule has 0 aliphatic carbocycles. The topological polar surface area (TPSA) is 30.7 Å². The van der Waals surface area contributed by atoms with Gasteiger partial charge in [0.2, 0.25) is 0 Å². The highest BCUT2D eigenvalue weighted by atomic mass is 32.1. The summed E-state index contributed by atoms with van der Waals surface area (Å²) in [6.07, 6.45) is 4.75. The summed E-state index contributed by atoms with van der Waals surface area (Å²) in [6.45, 7) is 2.04. The molecule has 3 rings (SSSR count). The Labute approximate surface area is 73.7 Å². The molecule has 4 heteroatoms. The van der Waals surface area contributed by atoms with Gasteiger partial charge < -0.3 is 0 Å². The number of aromatic nitrogens is 3. The third kappa shape index (κ3) is 0.653. The first-order valence-corrected chi connectivity index (χ1v) is 4.65. The minimum absolute atomic E-state index is 0.952. The van der Waals surface area contributed by atoms with Crippen LogP contribution in [0.1, 0.15) is 15.7 Å². The van der Waals surface area contributed by atoms with Gasteiger partial charge in [-0.25, -0.2) is 9.97 Å². The molecule has 1 aliphatic rings. The van der Waals surface area contributed by atoms with Crippen LogP contribution < -0.4 is 0 Å². The molecule has 3 nitrogen and oxygen atoms in total.